The van der Waals surface area contributed by atoms with Crippen molar-refractivity contribution < 1.29 is 23.5 Å². The second-order valence-corrected chi connectivity index (χ2v) is 5.42. The summed E-state index contributed by atoms with van der Waals surface area (Å²) in [6.07, 6.45) is 0. The van der Waals surface area contributed by atoms with Gasteiger partial charge in [0.2, 0.25) is 5.91 Å². The Morgan fingerprint density at radius 3 is 2.56 bits per heavy atom. The minimum absolute atomic E-state index is 0.0303. The molecule has 0 aromatic heterocycles. The number of benzene rings is 2. The Morgan fingerprint density at radius 2 is 1.88 bits per heavy atom. The molecule has 0 aliphatic carbocycles. The van der Waals surface area contributed by atoms with E-state index in [-0.39, 0.29) is 22.2 Å². The van der Waals surface area contributed by atoms with E-state index in [1.807, 2.05) is 0 Å². The third kappa shape index (κ3) is 5.58. The number of ether oxygens (including phenoxy) is 1. The molecule has 0 bridgehead atoms. The van der Waals surface area contributed by atoms with Gasteiger partial charge in [-0.3, -0.25) is 9.59 Å². The zero-order valence-corrected chi connectivity index (χ0v) is 13.9. The van der Waals surface area contributed by atoms with Crippen molar-refractivity contribution in [1.29, 1.82) is 0 Å². The quantitative estimate of drug-likeness (QED) is 0.798. The van der Waals surface area contributed by atoms with Crippen molar-refractivity contribution >= 4 is 40.8 Å². The number of esters is 1. The van der Waals surface area contributed by atoms with E-state index in [0.29, 0.717) is 5.69 Å². The molecule has 0 heterocycles. The van der Waals surface area contributed by atoms with Gasteiger partial charge in [0.05, 0.1) is 16.3 Å². The van der Waals surface area contributed by atoms with Crippen LogP contribution >= 0.6 is 11.6 Å². The molecule has 8 heteroatoms. The molecule has 2 aromatic rings. The SMILES string of the molecule is CC(=O)Nc1cccc(C(=O)OCC(=O)Nc2ccc(F)cc2Cl)c1. The average Bonchev–Trinajstić information content (AvgIpc) is 2.55. The van der Waals surface area contributed by atoms with Crippen LogP contribution in [0, 0.1) is 5.82 Å². The first-order valence-electron chi connectivity index (χ1n) is 7.15. The standard InChI is InChI=1S/C17H14ClFN2O4/c1-10(22)20-13-4-2-3-11(7-13)17(24)25-9-16(23)21-15-6-5-12(19)8-14(15)18/h2-8H,9H2,1H3,(H,20,22)(H,21,23). The highest BCUT2D eigenvalue weighted by molar-refractivity contribution is 6.33. The number of hydrogen-bond donors (Lipinski definition) is 2. The number of rotatable bonds is 5. The maximum absolute atomic E-state index is 12.9. The number of carbonyl (C=O) groups is 3. The molecule has 0 spiro atoms. The van der Waals surface area contributed by atoms with Crippen molar-refractivity contribution in [3.05, 3.63) is 58.9 Å². The third-order valence-corrected chi connectivity index (χ3v) is 3.27. The Hall–Kier alpha value is -2.93. The van der Waals surface area contributed by atoms with Crippen LogP contribution < -0.4 is 10.6 Å². The van der Waals surface area contributed by atoms with Crippen LogP contribution in [0.3, 0.4) is 0 Å². The minimum atomic E-state index is -0.729. The fourth-order valence-electron chi connectivity index (χ4n) is 1.92. The van der Waals surface area contributed by atoms with Gasteiger partial charge < -0.3 is 15.4 Å². The topological polar surface area (TPSA) is 84.5 Å². The molecular weight excluding hydrogens is 351 g/mol. The van der Waals surface area contributed by atoms with Crippen LogP contribution in [0.2, 0.25) is 5.02 Å². The van der Waals surface area contributed by atoms with E-state index in [2.05, 4.69) is 10.6 Å². The zero-order valence-electron chi connectivity index (χ0n) is 13.1. The first-order chi connectivity index (χ1) is 11.8. The maximum atomic E-state index is 12.9. The lowest BCUT2D eigenvalue weighted by Crippen LogP contribution is -2.21. The molecule has 2 rings (SSSR count). The van der Waals surface area contributed by atoms with Gasteiger partial charge in [-0.15, -0.1) is 0 Å². The van der Waals surface area contributed by atoms with E-state index in [4.69, 9.17) is 16.3 Å². The van der Waals surface area contributed by atoms with E-state index >= 15 is 0 Å². The highest BCUT2D eigenvalue weighted by Gasteiger charge is 2.12. The van der Waals surface area contributed by atoms with Crippen LogP contribution in [0.4, 0.5) is 15.8 Å². The van der Waals surface area contributed by atoms with Crippen molar-refractivity contribution in [3.8, 4) is 0 Å². The van der Waals surface area contributed by atoms with Crippen LogP contribution in [-0.2, 0) is 14.3 Å². The number of hydrogen-bond acceptors (Lipinski definition) is 4. The molecule has 6 nitrogen and oxygen atoms in total. The maximum Gasteiger partial charge on any atom is 0.338 e. The third-order valence-electron chi connectivity index (χ3n) is 2.96. The van der Waals surface area contributed by atoms with Gasteiger partial charge in [0.1, 0.15) is 5.82 Å². The summed E-state index contributed by atoms with van der Waals surface area (Å²) in [5.41, 5.74) is 0.820. The van der Waals surface area contributed by atoms with Crippen LogP contribution in [0.1, 0.15) is 17.3 Å². The Bertz CT molecular complexity index is 826. The summed E-state index contributed by atoms with van der Waals surface area (Å²) in [7, 11) is 0. The molecule has 0 unspecified atom stereocenters. The highest BCUT2D eigenvalue weighted by atomic mass is 35.5. The molecule has 2 aromatic carbocycles. The van der Waals surface area contributed by atoms with Gasteiger partial charge in [0, 0.05) is 12.6 Å². The molecule has 0 saturated heterocycles. The summed E-state index contributed by atoms with van der Waals surface area (Å²) in [5, 5.41) is 4.98. The van der Waals surface area contributed by atoms with Crippen molar-refractivity contribution in [2.75, 3.05) is 17.2 Å². The summed E-state index contributed by atoms with van der Waals surface area (Å²) in [6, 6.07) is 9.59. The number of anilines is 2. The predicted octanol–water partition coefficient (Wildman–Crippen LogP) is 3.23. The molecule has 0 aliphatic heterocycles. The van der Waals surface area contributed by atoms with E-state index in [9.17, 15) is 18.8 Å². The van der Waals surface area contributed by atoms with Crippen molar-refractivity contribution in [1.82, 2.24) is 0 Å². The molecule has 2 N–H and O–H groups in total. The van der Waals surface area contributed by atoms with E-state index in [1.54, 1.807) is 12.1 Å². The van der Waals surface area contributed by atoms with Gasteiger partial charge in [-0.1, -0.05) is 17.7 Å². The highest BCUT2D eigenvalue weighted by Crippen LogP contribution is 2.22. The fraction of sp³-hybridized carbons (Fsp3) is 0.118. The smallest absolute Gasteiger partial charge is 0.338 e. The van der Waals surface area contributed by atoms with Crippen molar-refractivity contribution in [2.45, 2.75) is 6.92 Å². The molecule has 0 radical (unpaired) electrons. The van der Waals surface area contributed by atoms with E-state index < -0.39 is 24.3 Å². The lowest BCUT2D eigenvalue weighted by atomic mass is 10.2. The van der Waals surface area contributed by atoms with Crippen LogP contribution in [0.25, 0.3) is 0 Å². The van der Waals surface area contributed by atoms with Gasteiger partial charge in [-0.2, -0.15) is 0 Å². The largest absolute Gasteiger partial charge is 0.452 e. The monoisotopic (exact) mass is 364 g/mol. The molecule has 130 valence electrons. The fourth-order valence-corrected chi connectivity index (χ4v) is 2.13. The first kappa shape index (κ1) is 18.4. The second-order valence-electron chi connectivity index (χ2n) is 5.01. The van der Waals surface area contributed by atoms with Gasteiger partial charge in [0.25, 0.3) is 5.91 Å². The lowest BCUT2D eigenvalue weighted by molar-refractivity contribution is -0.119. The molecule has 0 atom stereocenters. The van der Waals surface area contributed by atoms with Crippen molar-refractivity contribution in [3.63, 3.8) is 0 Å². The normalized spacial score (nSPS) is 10.0. The van der Waals surface area contributed by atoms with E-state index in [0.717, 1.165) is 12.1 Å². The molecule has 0 aliphatic rings. The number of carbonyl (C=O) groups excluding carboxylic acids is 3. The van der Waals surface area contributed by atoms with Crippen molar-refractivity contribution in [2.24, 2.45) is 0 Å². The summed E-state index contributed by atoms with van der Waals surface area (Å²) in [4.78, 5) is 34.8. The Kier molecular flexibility index (Phi) is 6.08. The molecule has 0 saturated carbocycles. The average molecular weight is 365 g/mol. The summed E-state index contributed by atoms with van der Waals surface area (Å²) in [5.74, 6) is -2.16. The van der Waals surface area contributed by atoms with E-state index in [1.165, 1.54) is 25.1 Å². The lowest BCUT2D eigenvalue weighted by Gasteiger charge is -2.09. The van der Waals surface area contributed by atoms with Crippen LogP contribution in [-0.4, -0.2) is 24.4 Å². The van der Waals surface area contributed by atoms with Gasteiger partial charge >= 0.3 is 5.97 Å². The van der Waals surface area contributed by atoms with Gasteiger partial charge in [-0.05, 0) is 36.4 Å². The Labute approximate surface area is 147 Å². The summed E-state index contributed by atoms with van der Waals surface area (Å²) < 4.78 is 17.9. The first-order valence-corrected chi connectivity index (χ1v) is 7.52. The van der Waals surface area contributed by atoms with Gasteiger partial charge in [0.15, 0.2) is 6.61 Å². The predicted molar refractivity (Wildman–Crippen MR) is 91.1 cm³/mol. The zero-order chi connectivity index (χ0) is 18.4. The molecule has 25 heavy (non-hydrogen) atoms. The van der Waals surface area contributed by atoms with Crippen LogP contribution in [0.15, 0.2) is 42.5 Å². The molecular formula is C17H14ClFN2O4. The number of amides is 2. The molecule has 0 fully saturated rings. The van der Waals surface area contributed by atoms with Crippen LogP contribution in [0.5, 0.6) is 0 Å². The Morgan fingerprint density at radius 1 is 1.12 bits per heavy atom. The summed E-state index contributed by atoms with van der Waals surface area (Å²) in [6.45, 7) is 0.798. The second kappa shape index (κ2) is 8.25. The van der Waals surface area contributed by atoms with Gasteiger partial charge in [-0.25, -0.2) is 9.18 Å². The molecule has 2 amide bonds. The minimum Gasteiger partial charge on any atom is -0.452 e. The number of nitrogens with one attached hydrogen (secondary N) is 2. The summed E-state index contributed by atoms with van der Waals surface area (Å²) >= 11 is 5.79. The Balaban J connectivity index is 1.93. The number of halogens is 2.